The van der Waals surface area contributed by atoms with Crippen molar-refractivity contribution in [1.82, 2.24) is 15.0 Å². The molecule has 0 unspecified atom stereocenters. The summed E-state index contributed by atoms with van der Waals surface area (Å²) in [5.74, 6) is -1.69. The van der Waals surface area contributed by atoms with Crippen LogP contribution in [-0.2, 0) is 9.47 Å². The largest absolute Gasteiger partial charge is 0.464 e. The maximum Gasteiger partial charge on any atom is 0.355 e. The number of aromatic amines is 3. The number of H-pyrrole nitrogens is 3. The summed E-state index contributed by atoms with van der Waals surface area (Å²) in [7, 11) is 2.54. The first-order valence-electron chi connectivity index (χ1n) is 10.1. The van der Waals surface area contributed by atoms with Gasteiger partial charge in [0.2, 0.25) is 0 Å². The maximum atomic E-state index is 14.1. The van der Waals surface area contributed by atoms with Crippen LogP contribution in [0.1, 0.15) is 33.8 Å². The number of benzene rings is 1. The highest BCUT2D eigenvalue weighted by Crippen LogP contribution is 2.41. The second-order valence-corrected chi connectivity index (χ2v) is 7.52. The maximum absolute atomic E-state index is 14.1. The highest BCUT2D eigenvalue weighted by molar-refractivity contribution is 6.12. The summed E-state index contributed by atoms with van der Waals surface area (Å²) in [4.78, 5) is 34.8. The third kappa shape index (κ3) is 2.95. The molecule has 3 heterocycles. The molecule has 0 aliphatic heterocycles. The number of methoxy groups -OCH3 is 2. The fourth-order valence-electron chi connectivity index (χ4n) is 4.35. The van der Waals surface area contributed by atoms with Crippen LogP contribution in [-0.4, -0.2) is 41.1 Å². The monoisotopic (exact) mass is 433 g/mol. The summed E-state index contributed by atoms with van der Waals surface area (Å²) in [6.07, 6.45) is 9.44. The Morgan fingerprint density at radius 1 is 0.906 bits per heavy atom. The van der Waals surface area contributed by atoms with Crippen molar-refractivity contribution in [3.8, 4) is 22.3 Å². The van der Waals surface area contributed by atoms with Gasteiger partial charge in [-0.2, -0.15) is 0 Å². The van der Waals surface area contributed by atoms with Crippen LogP contribution >= 0.6 is 0 Å². The Morgan fingerprint density at radius 3 is 2.28 bits per heavy atom. The second kappa shape index (κ2) is 7.56. The fraction of sp³-hybridized carbons (Fsp3) is 0.167. The lowest BCUT2D eigenvalue weighted by Crippen LogP contribution is -2.26. The van der Waals surface area contributed by atoms with Gasteiger partial charge in [0.05, 0.1) is 14.2 Å². The SMILES string of the molecule is COC(=O)c1[nH]c(C(=O)OC)c(-c2c[nH]c3ccc(F)cc23)c1-c1c[nH]c2c1=CCCC=2. The highest BCUT2D eigenvalue weighted by atomic mass is 19.1. The molecule has 0 bridgehead atoms. The van der Waals surface area contributed by atoms with Crippen molar-refractivity contribution in [2.75, 3.05) is 14.2 Å². The van der Waals surface area contributed by atoms with Crippen LogP contribution in [0, 0.1) is 5.82 Å². The van der Waals surface area contributed by atoms with E-state index in [2.05, 4.69) is 27.1 Å². The average Bonchev–Trinajstić information content (AvgIpc) is 3.52. The Morgan fingerprint density at radius 2 is 1.56 bits per heavy atom. The molecule has 0 spiro atoms. The Kier molecular flexibility index (Phi) is 4.70. The van der Waals surface area contributed by atoms with Crippen LogP contribution in [0.15, 0.2) is 30.6 Å². The van der Waals surface area contributed by atoms with Gasteiger partial charge in [0.15, 0.2) is 0 Å². The molecule has 32 heavy (non-hydrogen) atoms. The Bertz CT molecular complexity index is 1510. The normalized spacial score (nSPS) is 12.7. The molecule has 0 saturated carbocycles. The topological polar surface area (TPSA) is 100.0 Å². The van der Waals surface area contributed by atoms with Crippen molar-refractivity contribution in [3.63, 3.8) is 0 Å². The van der Waals surface area contributed by atoms with Gasteiger partial charge in [0.1, 0.15) is 17.2 Å². The fourth-order valence-corrected chi connectivity index (χ4v) is 4.35. The van der Waals surface area contributed by atoms with Gasteiger partial charge in [-0.15, -0.1) is 0 Å². The molecule has 3 N–H and O–H groups in total. The molecule has 8 heteroatoms. The minimum Gasteiger partial charge on any atom is -0.464 e. The second-order valence-electron chi connectivity index (χ2n) is 7.52. The number of ether oxygens (including phenoxy) is 2. The zero-order valence-corrected chi connectivity index (χ0v) is 17.5. The molecule has 7 nitrogen and oxygen atoms in total. The summed E-state index contributed by atoms with van der Waals surface area (Å²) in [6, 6.07) is 4.37. The van der Waals surface area contributed by atoms with Crippen molar-refractivity contribution in [3.05, 3.63) is 58.4 Å². The van der Waals surface area contributed by atoms with Gasteiger partial charge in [-0.3, -0.25) is 0 Å². The third-order valence-electron chi connectivity index (χ3n) is 5.78. The summed E-state index contributed by atoms with van der Waals surface area (Å²) in [5, 5.41) is 2.45. The van der Waals surface area contributed by atoms with E-state index in [1.807, 2.05) is 0 Å². The standard InChI is InChI=1S/C24H20FN3O4/c1-31-23(29)21-19(15-10-26-17-6-4-3-5-13(15)17)20(22(28-21)24(30)32-2)16-11-27-18-8-7-12(25)9-14(16)18/h5-11,26-28H,3-4H2,1-2H3. The van der Waals surface area contributed by atoms with Gasteiger partial charge >= 0.3 is 11.9 Å². The molecular formula is C24H20FN3O4. The molecule has 4 aromatic rings. The smallest absolute Gasteiger partial charge is 0.355 e. The van der Waals surface area contributed by atoms with E-state index < -0.39 is 17.8 Å². The molecular weight excluding hydrogens is 413 g/mol. The Labute approximate surface area is 181 Å². The van der Waals surface area contributed by atoms with Crippen molar-refractivity contribution < 1.29 is 23.5 Å². The van der Waals surface area contributed by atoms with Gasteiger partial charge in [0, 0.05) is 56.1 Å². The molecule has 0 atom stereocenters. The van der Waals surface area contributed by atoms with Crippen molar-refractivity contribution >= 4 is 35.0 Å². The lowest BCUT2D eigenvalue weighted by molar-refractivity contribution is 0.0591. The zero-order valence-electron chi connectivity index (χ0n) is 17.5. The van der Waals surface area contributed by atoms with E-state index >= 15 is 0 Å². The first-order chi connectivity index (χ1) is 15.5. The number of fused-ring (bicyclic) bond motifs is 2. The quantitative estimate of drug-likeness (QED) is 0.430. The van der Waals surface area contributed by atoms with E-state index in [0.717, 1.165) is 29.0 Å². The molecule has 0 radical (unpaired) electrons. The van der Waals surface area contributed by atoms with Crippen molar-refractivity contribution in [2.24, 2.45) is 0 Å². The van der Waals surface area contributed by atoms with Gasteiger partial charge in [-0.25, -0.2) is 14.0 Å². The number of rotatable bonds is 4. The minimum absolute atomic E-state index is 0.0859. The van der Waals surface area contributed by atoms with Crippen LogP contribution in [0.3, 0.4) is 0 Å². The number of esters is 2. The third-order valence-corrected chi connectivity index (χ3v) is 5.78. The van der Waals surface area contributed by atoms with Gasteiger partial charge in [0.25, 0.3) is 0 Å². The molecule has 0 fully saturated rings. The van der Waals surface area contributed by atoms with Crippen LogP contribution in [0.2, 0.25) is 0 Å². The molecule has 162 valence electrons. The summed E-state index contributed by atoms with van der Waals surface area (Å²) < 4.78 is 24.1. The predicted molar refractivity (Wildman–Crippen MR) is 118 cm³/mol. The number of carbonyl (C=O) groups excluding carboxylic acids is 2. The highest BCUT2D eigenvalue weighted by Gasteiger charge is 2.31. The van der Waals surface area contributed by atoms with Gasteiger partial charge in [-0.1, -0.05) is 12.2 Å². The molecule has 1 aliphatic carbocycles. The number of nitrogens with one attached hydrogen (secondary N) is 3. The van der Waals surface area contributed by atoms with E-state index in [1.165, 1.54) is 26.4 Å². The summed E-state index contributed by atoms with van der Waals surface area (Å²) in [6.45, 7) is 0. The molecule has 0 saturated heterocycles. The lowest BCUT2D eigenvalue weighted by atomic mass is 9.94. The Hall–Kier alpha value is -4.07. The number of aromatic nitrogens is 3. The summed E-state index contributed by atoms with van der Waals surface area (Å²) in [5.41, 5.74) is 3.14. The van der Waals surface area contributed by atoms with Gasteiger partial charge in [-0.05, 0) is 31.0 Å². The van der Waals surface area contributed by atoms with Crippen LogP contribution in [0.4, 0.5) is 4.39 Å². The number of hydrogen-bond acceptors (Lipinski definition) is 4. The van der Waals surface area contributed by atoms with Gasteiger partial charge < -0.3 is 24.4 Å². The number of hydrogen-bond donors (Lipinski definition) is 3. The molecule has 1 aromatic carbocycles. The Balaban J connectivity index is 1.93. The van der Waals surface area contributed by atoms with Crippen molar-refractivity contribution in [2.45, 2.75) is 12.8 Å². The first-order valence-corrected chi connectivity index (χ1v) is 10.1. The van der Waals surface area contributed by atoms with E-state index in [-0.39, 0.29) is 11.4 Å². The van der Waals surface area contributed by atoms with Crippen LogP contribution in [0.5, 0.6) is 0 Å². The van der Waals surface area contributed by atoms with Crippen LogP contribution < -0.4 is 10.6 Å². The molecule has 1 aliphatic rings. The van der Waals surface area contributed by atoms with E-state index in [0.29, 0.717) is 27.6 Å². The average molecular weight is 433 g/mol. The lowest BCUT2D eigenvalue weighted by Gasteiger charge is -2.08. The molecule has 5 rings (SSSR count). The van der Waals surface area contributed by atoms with E-state index in [4.69, 9.17) is 9.47 Å². The number of carbonyl (C=O) groups is 2. The number of halogens is 1. The van der Waals surface area contributed by atoms with E-state index in [9.17, 15) is 14.0 Å². The molecule has 0 amide bonds. The molecule has 3 aromatic heterocycles. The first kappa shape index (κ1) is 19.9. The van der Waals surface area contributed by atoms with E-state index in [1.54, 1.807) is 18.5 Å². The zero-order chi connectivity index (χ0) is 22.4. The van der Waals surface area contributed by atoms with Crippen molar-refractivity contribution in [1.29, 1.82) is 0 Å². The van der Waals surface area contributed by atoms with Crippen LogP contribution in [0.25, 0.3) is 45.3 Å². The minimum atomic E-state index is -0.651. The predicted octanol–water partition coefficient (Wildman–Crippen LogP) is 3.23. The summed E-state index contributed by atoms with van der Waals surface area (Å²) >= 11 is 0.